The van der Waals surface area contributed by atoms with Gasteiger partial charge in [-0.2, -0.15) is 5.21 Å². The van der Waals surface area contributed by atoms with Crippen molar-refractivity contribution in [2.75, 3.05) is 11.1 Å². The lowest BCUT2D eigenvalue weighted by molar-refractivity contribution is 0.508. The summed E-state index contributed by atoms with van der Waals surface area (Å²) in [5.74, 6) is 0.687. The second kappa shape index (κ2) is 5.55. The molecule has 2 heterocycles. The van der Waals surface area contributed by atoms with Gasteiger partial charge in [-0.05, 0) is 5.92 Å². The minimum absolute atomic E-state index is 0.0935. The first kappa shape index (κ1) is 13.8. The first-order chi connectivity index (χ1) is 9.49. The highest BCUT2D eigenvalue weighted by atomic mass is 16.2. The summed E-state index contributed by atoms with van der Waals surface area (Å²) in [6, 6.07) is 0. The van der Waals surface area contributed by atoms with Crippen LogP contribution in [-0.2, 0) is 13.1 Å². The van der Waals surface area contributed by atoms with Crippen LogP contribution < -0.4 is 22.3 Å². The molecular formula is C10H16N8O2. The van der Waals surface area contributed by atoms with E-state index in [0.717, 1.165) is 0 Å². The number of nitrogen functional groups attached to an aromatic ring is 1. The van der Waals surface area contributed by atoms with Gasteiger partial charge in [0.15, 0.2) is 5.82 Å². The zero-order valence-corrected chi connectivity index (χ0v) is 11.2. The summed E-state index contributed by atoms with van der Waals surface area (Å²) in [6.07, 6.45) is 0. The number of rotatable bonds is 5. The summed E-state index contributed by atoms with van der Waals surface area (Å²) in [7, 11) is 0. The fourth-order valence-electron chi connectivity index (χ4n) is 1.73. The fraction of sp³-hybridized carbons (Fsp3) is 0.500. The molecule has 0 bridgehead atoms. The highest BCUT2D eigenvalue weighted by Crippen LogP contribution is 2.12. The van der Waals surface area contributed by atoms with E-state index in [2.05, 4.69) is 30.9 Å². The van der Waals surface area contributed by atoms with Crippen LogP contribution in [0.5, 0.6) is 0 Å². The summed E-state index contributed by atoms with van der Waals surface area (Å²) < 4.78 is 1.32. The molecule has 0 amide bonds. The van der Waals surface area contributed by atoms with Crippen molar-refractivity contribution in [2.45, 2.75) is 26.9 Å². The van der Waals surface area contributed by atoms with Crippen molar-refractivity contribution in [3.05, 3.63) is 26.7 Å². The van der Waals surface area contributed by atoms with Gasteiger partial charge in [0.2, 0.25) is 0 Å². The van der Waals surface area contributed by atoms with Crippen LogP contribution in [0.15, 0.2) is 9.59 Å². The number of nitrogens with one attached hydrogen (secondary N) is 3. The number of tetrazole rings is 1. The number of H-pyrrole nitrogens is 2. The maximum atomic E-state index is 11.8. The summed E-state index contributed by atoms with van der Waals surface area (Å²) in [6.45, 7) is 4.48. The Kier molecular flexibility index (Phi) is 3.82. The Morgan fingerprint density at radius 1 is 1.40 bits per heavy atom. The van der Waals surface area contributed by atoms with Crippen LogP contribution >= 0.6 is 0 Å². The second-order valence-electron chi connectivity index (χ2n) is 4.71. The van der Waals surface area contributed by atoms with Gasteiger partial charge in [0.25, 0.3) is 5.56 Å². The molecule has 0 unspecified atom stereocenters. The third-order valence-electron chi connectivity index (χ3n) is 2.60. The SMILES string of the molecule is CC(C)Cn1c(N)c(NCc2nn[nH]n2)c(=O)[nH]c1=O. The van der Waals surface area contributed by atoms with Gasteiger partial charge in [-0.1, -0.05) is 19.1 Å². The standard InChI is InChI=1S/C10H16N8O2/c1-5(2)4-18-8(11)7(9(19)13-10(18)20)12-3-6-14-16-17-15-6/h5,12H,3-4,11H2,1-2H3,(H,13,19,20)(H,14,15,16,17). The topological polar surface area (TPSA) is 147 Å². The van der Waals surface area contributed by atoms with E-state index in [9.17, 15) is 9.59 Å². The molecule has 0 aliphatic heterocycles. The smallest absolute Gasteiger partial charge is 0.330 e. The molecule has 2 aromatic rings. The molecule has 0 saturated carbocycles. The minimum atomic E-state index is -0.573. The predicted octanol–water partition coefficient (Wildman–Crippen LogP) is -1.10. The molecule has 0 atom stereocenters. The molecule has 2 aromatic heterocycles. The van der Waals surface area contributed by atoms with E-state index in [1.165, 1.54) is 4.57 Å². The van der Waals surface area contributed by atoms with E-state index in [1.807, 2.05) is 13.8 Å². The molecule has 0 radical (unpaired) electrons. The van der Waals surface area contributed by atoms with Crippen LogP contribution in [-0.4, -0.2) is 30.2 Å². The third kappa shape index (κ3) is 2.84. The Labute approximate surface area is 113 Å². The van der Waals surface area contributed by atoms with E-state index < -0.39 is 11.2 Å². The van der Waals surface area contributed by atoms with Crippen molar-refractivity contribution in [3.8, 4) is 0 Å². The lowest BCUT2D eigenvalue weighted by atomic mass is 10.2. The summed E-state index contributed by atoms with van der Waals surface area (Å²) >= 11 is 0. The lowest BCUT2D eigenvalue weighted by Crippen LogP contribution is -2.35. The molecule has 108 valence electrons. The number of aromatic nitrogens is 6. The molecule has 20 heavy (non-hydrogen) atoms. The zero-order chi connectivity index (χ0) is 14.7. The first-order valence-electron chi connectivity index (χ1n) is 6.07. The Morgan fingerprint density at radius 2 is 2.15 bits per heavy atom. The summed E-state index contributed by atoms with van der Waals surface area (Å²) in [5.41, 5.74) is 4.91. The van der Waals surface area contributed by atoms with Crippen LogP contribution in [0.4, 0.5) is 11.5 Å². The molecule has 2 rings (SSSR count). The Balaban J connectivity index is 2.32. The molecule has 0 aliphatic carbocycles. The Bertz CT molecular complexity index is 684. The van der Waals surface area contributed by atoms with Crippen molar-refractivity contribution >= 4 is 11.5 Å². The van der Waals surface area contributed by atoms with E-state index >= 15 is 0 Å². The van der Waals surface area contributed by atoms with Crippen molar-refractivity contribution in [1.29, 1.82) is 0 Å². The second-order valence-corrected chi connectivity index (χ2v) is 4.71. The molecular weight excluding hydrogens is 264 g/mol. The Morgan fingerprint density at radius 3 is 2.75 bits per heavy atom. The monoisotopic (exact) mass is 280 g/mol. The van der Waals surface area contributed by atoms with Crippen LogP contribution in [0.3, 0.4) is 0 Å². The van der Waals surface area contributed by atoms with Gasteiger partial charge in [0, 0.05) is 6.54 Å². The van der Waals surface area contributed by atoms with Crippen LogP contribution in [0, 0.1) is 5.92 Å². The van der Waals surface area contributed by atoms with Gasteiger partial charge < -0.3 is 11.1 Å². The van der Waals surface area contributed by atoms with E-state index in [0.29, 0.717) is 12.4 Å². The average Bonchev–Trinajstić information content (AvgIpc) is 2.87. The predicted molar refractivity (Wildman–Crippen MR) is 72.1 cm³/mol. The van der Waals surface area contributed by atoms with Gasteiger partial charge in [-0.25, -0.2) is 4.79 Å². The fourth-order valence-corrected chi connectivity index (χ4v) is 1.73. The molecule has 10 nitrogen and oxygen atoms in total. The quantitative estimate of drug-likeness (QED) is 0.543. The van der Waals surface area contributed by atoms with Crippen molar-refractivity contribution < 1.29 is 0 Å². The summed E-state index contributed by atoms with van der Waals surface area (Å²) in [4.78, 5) is 25.8. The van der Waals surface area contributed by atoms with Gasteiger partial charge in [-0.15, -0.1) is 10.2 Å². The largest absolute Gasteiger partial charge is 0.383 e. The minimum Gasteiger partial charge on any atom is -0.383 e. The Hall–Kier alpha value is -2.65. The molecule has 10 heteroatoms. The van der Waals surface area contributed by atoms with Crippen LogP contribution in [0.25, 0.3) is 0 Å². The molecule has 0 aliphatic rings. The van der Waals surface area contributed by atoms with Gasteiger partial charge in [0.1, 0.15) is 11.5 Å². The van der Waals surface area contributed by atoms with Gasteiger partial charge >= 0.3 is 5.69 Å². The van der Waals surface area contributed by atoms with Crippen LogP contribution in [0.2, 0.25) is 0 Å². The van der Waals surface area contributed by atoms with E-state index in [1.54, 1.807) is 0 Å². The van der Waals surface area contributed by atoms with E-state index in [4.69, 9.17) is 5.73 Å². The van der Waals surface area contributed by atoms with Gasteiger partial charge in [-0.3, -0.25) is 14.3 Å². The zero-order valence-electron chi connectivity index (χ0n) is 11.2. The van der Waals surface area contributed by atoms with E-state index in [-0.39, 0.29) is 24.0 Å². The maximum absolute atomic E-state index is 11.8. The lowest BCUT2D eigenvalue weighted by Gasteiger charge is -2.14. The molecule has 0 fully saturated rings. The number of nitrogens with two attached hydrogens (primary N) is 1. The average molecular weight is 280 g/mol. The highest BCUT2D eigenvalue weighted by molar-refractivity contribution is 5.60. The van der Waals surface area contributed by atoms with Gasteiger partial charge in [0.05, 0.1) is 6.54 Å². The molecule has 0 spiro atoms. The number of hydrogen-bond acceptors (Lipinski definition) is 7. The number of hydrogen-bond donors (Lipinski definition) is 4. The van der Waals surface area contributed by atoms with Crippen molar-refractivity contribution in [3.63, 3.8) is 0 Å². The molecule has 0 aromatic carbocycles. The van der Waals surface area contributed by atoms with Crippen molar-refractivity contribution in [2.24, 2.45) is 5.92 Å². The third-order valence-corrected chi connectivity index (χ3v) is 2.60. The van der Waals surface area contributed by atoms with Crippen molar-refractivity contribution in [1.82, 2.24) is 30.2 Å². The highest BCUT2D eigenvalue weighted by Gasteiger charge is 2.13. The number of aromatic amines is 2. The van der Waals surface area contributed by atoms with Crippen LogP contribution in [0.1, 0.15) is 19.7 Å². The number of anilines is 2. The molecule has 5 N–H and O–H groups in total. The first-order valence-corrected chi connectivity index (χ1v) is 6.07. The maximum Gasteiger partial charge on any atom is 0.330 e. The normalized spacial score (nSPS) is 10.9. The molecule has 0 saturated heterocycles. The number of nitrogens with zero attached hydrogens (tertiary/aromatic N) is 4. The summed E-state index contributed by atoms with van der Waals surface area (Å²) in [5, 5.41) is 16.0.